The average Bonchev–Trinajstić information content (AvgIpc) is 3.71. The summed E-state index contributed by atoms with van der Waals surface area (Å²) in [7, 11) is 3.21. The lowest BCUT2D eigenvalue weighted by atomic mass is 9.90. The van der Waals surface area contributed by atoms with Crippen molar-refractivity contribution in [3.8, 4) is 28.6 Å². The molecule has 6 rings (SSSR count). The molecule has 48 heavy (non-hydrogen) atoms. The lowest BCUT2D eigenvalue weighted by Crippen LogP contribution is -2.49. The molecule has 1 saturated carbocycles. The molecule has 0 radical (unpaired) electrons. The minimum atomic E-state index is -4.64. The number of aromatic nitrogens is 7. The van der Waals surface area contributed by atoms with E-state index in [0.717, 1.165) is 27.4 Å². The molecule has 246 valence electrons. The van der Waals surface area contributed by atoms with Crippen molar-refractivity contribution in [3.63, 3.8) is 0 Å². The van der Waals surface area contributed by atoms with E-state index in [1.165, 1.54) is 13.2 Å². The summed E-state index contributed by atoms with van der Waals surface area (Å²) in [4.78, 5) is 28.7. The Morgan fingerprint density at radius 1 is 1.02 bits per heavy atom. The minimum Gasteiger partial charge on any atom is -0.351 e. The fourth-order valence-corrected chi connectivity index (χ4v) is 5.80. The summed E-state index contributed by atoms with van der Waals surface area (Å²) in [6.45, 7) is 0.361. The fourth-order valence-electron chi connectivity index (χ4n) is 5.80. The Labute approximate surface area is 274 Å². The highest BCUT2D eigenvalue weighted by atomic mass is 19.4. The fraction of sp³-hybridized carbons (Fsp3) is 0.303. The van der Waals surface area contributed by atoms with Crippen LogP contribution in [-0.2, 0) is 26.8 Å². The predicted molar refractivity (Wildman–Crippen MR) is 171 cm³/mol. The Balaban J connectivity index is 1.18. The van der Waals surface area contributed by atoms with Crippen molar-refractivity contribution in [1.29, 1.82) is 5.26 Å². The molecule has 0 aliphatic heterocycles. The van der Waals surface area contributed by atoms with Crippen LogP contribution in [0.2, 0.25) is 0 Å². The molecule has 2 amide bonds. The highest BCUT2D eigenvalue weighted by Crippen LogP contribution is 2.33. The van der Waals surface area contributed by atoms with Gasteiger partial charge in [0.15, 0.2) is 5.69 Å². The number of anilines is 2. The van der Waals surface area contributed by atoms with E-state index in [2.05, 4.69) is 35.8 Å². The number of hydrogen-bond acceptors (Lipinski definition) is 8. The van der Waals surface area contributed by atoms with Crippen LogP contribution in [0, 0.1) is 11.3 Å². The predicted octanol–water partition coefficient (Wildman–Crippen LogP) is 5.70. The summed E-state index contributed by atoms with van der Waals surface area (Å²) in [6.07, 6.45) is 4.63. The highest BCUT2D eigenvalue weighted by Gasteiger charge is 2.35. The zero-order valence-electron chi connectivity index (χ0n) is 26.2. The monoisotopic (exact) mass is 655 g/mol. The number of nitrogens with zero attached hydrogens (tertiary/aromatic N) is 9. The maximum atomic E-state index is 13.7. The van der Waals surface area contributed by atoms with Crippen molar-refractivity contribution in [2.45, 2.75) is 50.5 Å². The van der Waals surface area contributed by atoms with Crippen molar-refractivity contribution in [2.24, 2.45) is 14.1 Å². The number of pyridine rings is 1. The summed E-state index contributed by atoms with van der Waals surface area (Å²) >= 11 is 0. The first-order chi connectivity index (χ1) is 23.1. The normalized spacial score (nSPS) is 16.2. The van der Waals surface area contributed by atoms with Gasteiger partial charge in [0.1, 0.15) is 17.6 Å². The van der Waals surface area contributed by atoms with E-state index in [4.69, 9.17) is 0 Å². The molecule has 0 spiro atoms. The number of carbonyl (C=O) groups is 1. The van der Waals surface area contributed by atoms with E-state index in [1.54, 1.807) is 22.0 Å². The lowest BCUT2D eigenvalue weighted by Gasteiger charge is -2.36. The van der Waals surface area contributed by atoms with Crippen LogP contribution in [0.25, 0.3) is 22.5 Å². The van der Waals surface area contributed by atoms with Gasteiger partial charge in [-0.2, -0.15) is 28.6 Å². The third-order valence-corrected chi connectivity index (χ3v) is 8.26. The quantitative estimate of drug-likeness (QED) is 0.217. The van der Waals surface area contributed by atoms with Crippen molar-refractivity contribution in [2.75, 3.05) is 10.2 Å². The number of carbonyl (C=O) groups excluding carboxylic acids is 1. The molecule has 1 fully saturated rings. The number of urea groups is 1. The van der Waals surface area contributed by atoms with E-state index in [-0.39, 0.29) is 41.0 Å². The molecule has 1 aromatic carbocycles. The van der Waals surface area contributed by atoms with Crippen LogP contribution in [0.1, 0.15) is 42.5 Å². The molecule has 1 aliphatic carbocycles. The van der Waals surface area contributed by atoms with Crippen molar-refractivity contribution in [1.82, 2.24) is 39.8 Å². The largest absolute Gasteiger partial charge is 0.435 e. The third-order valence-electron chi connectivity index (χ3n) is 8.26. The maximum Gasteiger partial charge on any atom is 0.435 e. The molecule has 0 saturated heterocycles. The van der Waals surface area contributed by atoms with Gasteiger partial charge in [-0.1, -0.05) is 30.3 Å². The van der Waals surface area contributed by atoms with E-state index in [1.807, 2.05) is 61.8 Å². The number of alkyl halides is 3. The number of nitrogens with one attached hydrogen (secondary N) is 2. The van der Waals surface area contributed by atoms with Gasteiger partial charge in [-0.15, -0.1) is 0 Å². The standard InChI is InChI=1S/C33H32F3N11O/c1-45-20-24(19-41-45)22-8-13-29(38-17-22)47(32(48)40-16-21-6-4-3-5-7-21)26-11-9-25(10-12-26)42-31-39-18-23(15-37)30(43-31)27-14-28(33(34,35)36)44-46(27)2/h3-8,13-14,17-20,25-26H,9-12,16H2,1-2H3,(H,40,48)(H,39,42,43)/t25-,26-. The first kappa shape index (κ1) is 32.2. The van der Waals surface area contributed by atoms with Crippen molar-refractivity contribution >= 4 is 17.8 Å². The number of rotatable bonds is 8. The molecule has 4 heterocycles. The van der Waals surface area contributed by atoms with Gasteiger partial charge in [-0.05, 0) is 49.4 Å². The van der Waals surface area contributed by atoms with E-state index >= 15 is 0 Å². The molecule has 4 aromatic heterocycles. The molecule has 12 nitrogen and oxygen atoms in total. The smallest absolute Gasteiger partial charge is 0.351 e. The SMILES string of the molecule is Cn1cc(-c2ccc(N(C(=O)NCc3ccccc3)[C@H]3CC[C@H](Nc4ncc(C#N)c(-c5cc(C(F)(F)F)nn5C)n4)CC3)nc2)cn1. The Morgan fingerprint density at radius 2 is 1.79 bits per heavy atom. The van der Waals surface area contributed by atoms with Crippen molar-refractivity contribution < 1.29 is 18.0 Å². The number of halogens is 3. The maximum absolute atomic E-state index is 13.7. The summed E-state index contributed by atoms with van der Waals surface area (Å²) in [5.74, 6) is 0.714. The number of hydrogen-bond donors (Lipinski definition) is 2. The average molecular weight is 656 g/mol. The van der Waals surface area contributed by atoms with E-state index < -0.39 is 11.9 Å². The van der Waals surface area contributed by atoms with Crippen LogP contribution >= 0.6 is 0 Å². The van der Waals surface area contributed by atoms with Gasteiger partial charge >= 0.3 is 12.2 Å². The second kappa shape index (κ2) is 13.5. The Hall–Kier alpha value is -5.78. The summed E-state index contributed by atoms with van der Waals surface area (Å²) in [5.41, 5.74) is 1.83. The Bertz CT molecular complexity index is 1920. The second-order valence-corrected chi connectivity index (χ2v) is 11.6. The van der Waals surface area contributed by atoms with Gasteiger partial charge in [-0.25, -0.2) is 19.7 Å². The van der Waals surface area contributed by atoms with Crippen LogP contribution in [0.5, 0.6) is 0 Å². The second-order valence-electron chi connectivity index (χ2n) is 11.6. The summed E-state index contributed by atoms with van der Waals surface area (Å²) in [6, 6.07) is 15.7. The highest BCUT2D eigenvalue weighted by molar-refractivity contribution is 5.91. The first-order valence-corrected chi connectivity index (χ1v) is 15.3. The van der Waals surface area contributed by atoms with Gasteiger partial charge in [0.25, 0.3) is 0 Å². The molecule has 0 bridgehead atoms. The number of nitriles is 1. The van der Waals surface area contributed by atoms with Crippen LogP contribution in [0.15, 0.2) is 73.3 Å². The van der Waals surface area contributed by atoms with Gasteiger partial charge in [0.05, 0.1) is 23.7 Å². The van der Waals surface area contributed by atoms with Crippen molar-refractivity contribution in [3.05, 3.63) is 90.1 Å². The molecule has 0 unspecified atom stereocenters. The van der Waals surface area contributed by atoms with E-state index in [0.29, 0.717) is 38.0 Å². The van der Waals surface area contributed by atoms with E-state index in [9.17, 15) is 23.2 Å². The summed E-state index contributed by atoms with van der Waals surface area (Å²) < 4.78 is 42.7. The third kappa shape index (κ3) is 7.12. The molecular formula is C33H32F3N11O. The molecule has 5 aromatic rings. The lowest BCUT2D eigenvalue weighted by molar-refractivity contribution is -0.141. The minimum absolute atomic E-state index is 0.0279. The molecule has 15 heteroatoms. The zero-order valence-corrected chi connectivity index (χ0v) is 26.2. The van der Waals surface area contributed by atoms with Crippen LogP contribution in [0.4, 0.5) is 29.7 Å². The van der Waals surface area contributed by atoms with Crippen LogP contribution < -0.4 is 15.5 Å². The topological polar surface area (TPSA) is 142 Å². The van der Waals surface area contributed by atoms with Gasteiger partial charge in [0, 0.05) is 56.2 Å². The number of amides is 2. The van der Waals surface area contributed by atoms with Crippen LogP contribution in [0.3, 0.4) is 0 Å². The number of aryl methyl sites for hydroxylation is 2. The zero-order chi connectivity index (χ0) is 33.8. The van der Waals surface area contributed by atoms with Gasteiger partial charge < -0.3 is 10.6 Å². The molecular weight excluding hydrogens is 623 g/mol. The molecule has 0 atom stereocenters. The van der Waals surface area contributed by atoms with Crippen LogP contribution in [-0.4, -0.2) is 52.6 Å². The van der Waals surface area contributed by atoms with Gasteiger partial charge in [0.2, 0.25) is 5.95 Å². The Morgan fingerprint density at radius 3 is 2.42 bits per heavy atom. The number of benzene rings is 1. The molecule has 2 N–H and O–H groups in total. The first-order valence-electron chi connectivity index (χ1n) is 15.3. The Kier molecular flexibility index (Phi) is 9.06. The van der Waals surface area contributed by atoms with Gasteiger partial charge in [-0.3, -0.25) is 14.3 Å². The molecule has 1 aliphatic rings. The summed E-state index contributed by atoms with van der Waals surface area (Å²) in [5, 5.41) is 23.7.